The number of aliphatic imine (C=N–C) groups is 1. The molecule has 2 aromatic rings. The van der Waals surface area contributed by atoms with Crippen molar-refractivity contribution in [2.24, 2.45) is 10.9 Å². The Kier molecular flexibility index (Phi) is 4.57. The van der Waals surface area contributed by atoms with Gasteiger partial charge in [-0.05, 0) is 31.1 Å². The van der Waals surface area contributed by atoms with E-state index in [0.717, 1.165) is 0 Å². The Labute approximate surface area is 149 Å². The van der Waals surface area contributed by atoms with E-state index >= 15 is 0 Å². The number of carbonyl (C=O) groups is 1. The molecule has 2 atom stereocenters. The lowest BCUT2D eigenvalue weighted by atomic mass is 9.74. The van der Waals surface area contributed by atoms with Crippen molar-refractivity contribution in [3.63, 3.8) is 0 Å². The molecule has 1 aromatic heterocycles. The molecule has 2 unspecified atom stereocenters. The van der Waals surface area contributed by atoms with Crippen LogP contribution in [-0.4, -0.2) is 31.9 Å². The number of nitrogens with zero attached hydrogens (tertiary/aromatic N) is 4. The Bertz CT molecular complexity index is 937. The summed E-state index contributed by atoms with van der Waals surface area (Å²) in [5, 5.41) is 28.6. The zero-order valence-electron chi connectivity index (χ0n) is 14.2. The molecule has 0 bridgehead atoms. The van der Waals surface area contributed by atoms with Crippen LogP contribution in [0.4, 0.5) is 5.69 Å². The lowest BCUT2D eigenvalue weighted by molar-refractivity contribution is -0.384. The second-order valence-electron chi connectivity index (χ2n) is 6.03. The normalized spacial score (nSPS) is 19.8. The Morgan fingerprint density at radius 2 is 2.00 bits per heavy atom. The van der Waals surface area contributed by atoms with Crippen molar-refractivity contribution >= 4 is 22.9 Å². The maximum absolute atomic E-state index is 12.0. The van der Waals surface area contributed by atoms with Crippen LogP contribution in [0.25, 0.3) is 5.57 Å². The summed E-state index contributed by atoms with van der Waals surface area (Å²) in [6.45, 7) is 3.45. The van der Waals surface area contributed by atoms with Gasteiger partial charge in [0.05, 0.1) is 17.3 Å². The van der Waals surface area contributed by atoms with Crippen LogP contribution in [0.15, 0.2) is 53.4 Å². The Morgan fingerprint density at radius 1 is 1.23 bits per heavy atom. The van der Waals surface area contributed by atoms with E-state index in [0.29, 0.717) is 28.1 Å². The van der Waals surface area contributed by atoms with Crippen molar-refractivity contribution in [3.8, 4) is 0 Å². The average molecular weight is 352 g/mol. The molecule has 26 heavy (non-hydrogen) atoms. The monoisotopic (exact) mass is 352 g/mol. The predicted octanol–water partition coefficient (Wildman–Crippen LogP) is 3.07. The Hall–Kier alpha value is -3.42. The second-order valence-corrected chi connectivity index (χ2v) is 6.03. The lowest BCUT2D eigenvalue weighted by Crippen LogP contribution is -2.32. The van der Waals surface area contributed by atoms with Crippen LogP contribution in [-0.2, 0) is 4.79 Å². The first-order valence-corrected chi connectivity index (χ1v) is 7.90. The van der Waals surface area contributed by atoms with Crippen LogP contribution < -0.4 is 0 Å². The molecule has 2 heterocycles. The molecule has 0 saturated carbocycles. The third-order valence-corrected chi connectivity index (χ3v) is 4.43. The largest absolute Gasteiger partial charge is 0.481 e. The second kappa shape index (κ2) is 6.83. The number of carboxylic acids is 1. The smallest absolute Gasteiger partial charge is 0.313 e. The number of non-ortho nitro benzene ring substituents is 1. The number of benzene rings is 1. The van der Waals surface area contributed by atoms with Gasteiger partial charge in [0, 0.05) is 35.0 Å². The fourth-order valence-electron chi connectivity index (χ4n) is 3.38. The minimum Gasteiger partial charge on any atom is -0.481 e. The predicted molar refractivity (Wildman–Crippen MR) is 94.7 cm³/mol. The third kappa shape index (κ3) is 3.08. The number of hydrogen-bond acceptors (Lipinski definition) is 6. The highest BCUT2D eigenvalue weighted by molar-refractivity contribution is 6.06. The van der Waals surface area contributed by atoms with E-state index < -0.39 is 22.7 Å². The van der Waals surface area contributed by atoms with Gasteiger partial charge in [0.15, 0.2) is 0 Å². The van der Waals surface area contributed by atoms with Gasteiger partial charge in [0.2, 0.25) is 0 Å². The number of nitro groups is 1. The first-order valence-electron chi connectivity index (χ1n) is 7.90. The fourth-order valence-corrected chi connectivity index (χ4v) is 3.38. The van der Waals surface area contributed by atoms with E-state index in [1.54, 1.807) is 32.0 Å². The number of aromatic nitrogens is 2. The summed E-state index contributed by atoms with van der Waals surface area (Å²) in [4.78, 5) is 27.1. The van der Waals surface area contributed by atoms with Crippen molar-refractivity contribution in [1.82, 2.24) is 10.2 Å². The summed E-state index contributed by atoms with van der Waals surface area (Å²) in [5.74, 6) is -2.58. The van der Waals surface area contributed by atoms with Gasteiger partial charge >= 0.3 is 5.97 Å². The highest BCUT2D eigenvalue weighted by Crippen LogP contribution is 2.44. The molecule has 8 nitrogen and oxygen atoms in total. The molecule has 1 aliphatic heterocycles. The van der Waals surface area contributed by atoms with Gasteiger partial charge in [0.1, 0.15) is 5.92 Å². The van der Waals surface area contributed by atoms with Gasteiger partial charge in [-0.1, -0.05) is 12.1 Å². The van der Waals surface area contributed by atoms with Gasteiger partial charge in [-0.15, -0.1) is 0 Å². The SMILES string of the molecule is CC1=NC(C)=C(c2ccnnc2)C(c2cccc([N+](=O)[O-])c2)C1C(=O)O. The van der Waals surface area contributed by atoms with Gasteiger partial charge in [-0.2, -0.15) is 10.2 Å². The summed E-state index contributed by atoms with van der Waals surface area (Å²) in [6.07, 6.45) is 3.05. The molecule has 3 rings (SSSR count). The Morgan fingerprint density at radius 3 is 2.62 bits per heavy atom. The molecule has 0 spiro atoms. The summed E-state index contributed by atoms with van der Waals surface area (Å²) < 4.78 is 0. The number of allylic oxidation sites excluding steroid dienone is 2. The molecule has 1 aliphatic rings. The minimum atomic E-state index is -1.03. The molecule has 1 N–H and O–H groups in total. The molecular weight excluding hydrogens is 336 g/mol. The van der Waals surface area contributed by atoms with Crippen LogP contribution in [0, 0.1) is 16.0 Å². The molecule has 8 heteroatoms. The van der Waals surface area contributed by atoms with Gasteiger partial charge in [-0.3, -0.25) is 19.9 Å². The minimum absolute atomic E-state index is 0.0864. The van der Waals surface area contributed by atoms with E-state index in [1.165, 1.54) is 24.5 Å². The van der Waals surface area contributed by atoms with E-state index in [-0.39, 0.29) is 5.69 Å². The molecule has 0 amide bonds. The zero-order valence-corrected chi connectivity index (χ0v) is 14.2. The van der Waals surface area contributed by atoms with E-state index in [1.807, 2.05) is 0 Å². The van der Waals surface area contributed by atoms with Crippen LogP contribution >= 0.6 is 0 Å². The summed E-state index contributed by atoms with van der Waals surface area (Å²) in [7, 11) is 0. The van der Waals surface area contributed by atoms with Crippen molar-refractivity contribution in [3.05, 3.63) is 69.7 Å². The van der Waals surface area contributed by atoms with Crippen molar-refractivity contribution in [2.75, 3.05) is 0 Å². The first kappa shape index (κ1) is 17.4. The van der Waals surface area contributed by atoms with Crippen LogP contribution in [0.3, 0.4) is 0 Å². The summed E-state index contributed by atoms with van der Waals surface area (Å²) in [5.41, 5.74) is 2.94. The number of nitro benzene ring substituents is 1. The van der Waals surface area contributed by atoms with Crippen LogP contribution in [0.1, 0.15) is 30.9 Å². The number of carboxylic acid groups (broad SMARTS) is 1. The summed E-state index contributed by atoms with van der Waals surface area (Å²) in [6, 6.07) is 7.79. The van der Waals surface area contributed by atoms with Crippen molar-refractivity contribution in [1.29, 1.82) is 0 Å². The van der Waals surface area contributed by atoms with Crippen molar-refractivity contribution in [2.45, 2.75) is 19.8 Å². The van der Waals surface area contributed by atoms with Gasteiger partial charge in [-0.25, -0.2) is 0 Å². The van der Waals surface area contributed by atoms with E-state index in [9.17, 15) is 20.0 Å². The molecule has 0 fully saturated rings. The maximum Gasteiger partial charge on any atom is 0.313 e. The molecule has 0 aliphatic carbocycles. The molecule has 1 aromatic carbocycles. The zero-order chi connectivity index (χ0) is 18.8. The number of hydrogen-bond donors (Lipinski definition) is 1. The van der Waals surface area contributed by atoms with Crippen LogP contribution in [0.2, 0.25) is 0 Å². The quantitative estimate of drug-likeness (QED) is 0.667. The first-order chi connectivity index (χ1) is 12.4. The van der Waals surface area contributed by atoms with Gasteiger partial charge in [0.25, 0.3) is 5.69 Å². The standard InChI is InChI=1S/C18H16N4O4/c1-10-15(13-6-7-19-20-9-13)17(16(18(23)24)11(2)21-10)12-4-3-5-14(8-12)22(25)26/h3-9,16-17H,1-2H3,(H,23,24). The molecular formula is C18H16N4O4. The Balaban J connectivity index is 2.25. The lowest BCUT2D eigenvalue weighted by Gasteiger charge is -2.31. The molecule has 0 saturated heterocycles. The third-order valence-electron chi connectivity index (χ3n) is 4.43. The number of rotatable bonds is 4. The average Bonchev–Trinajstić information content (AvgIpc) is 2.61. The summed E-state index contributed by atoms with van der Waals surface area (Å²) >= 11 is 0. The van der Waals surface area contributed by atoms with Crippen molar-refractivity contribution < 1.29 is 14.8 Å². The molecule has 132 valence electrons. The van der Waals surface area contributed by atoms with E-state index in [4.69, 9.17) is 0 Å². The van der Waals surface area contributed by atoms with E-state index in [2.05, 4.69) is 15.2 Å². The fraction of sp³-hybridized carbons (Fsp3) is 0.222. The number of aliphatic carboxylic acids is 1. The topological polar surface area (TPSA) is 119 Å². The van der Waals surface area contributed by atoms with Crippen LogP contribution in [0.5, 0.6) is 0 Å². The molecule has 0 radical (unpaired) electrons. The highest BCUT2D eigenvalue weighted by Gasteiger charge is 2.39. The maximum atomic E-state index is 12.0. The van der Waals surface area contributed by atoms with Gasteiger partial charge < -0.3 is 5.11 Å². The highest BCUT2D eigenvalue weighted by atomic mass is 16.6.